The number of nitrogens with zero attached hydrogens (tertiary/aromatic N) is 5. The van der Waals surface area contributed by atoms with E-state index in [4.69, 9.17) is 14.4 Å². The van der Waals surface area contributed by atoms with Crippen LogP contribution in [0.3, 0.4) is 0 Å². The summed E-state index contributed by atoms with van der Waals surface area (Å²) in [4.78, 5) is 20.5. The van der Waals surface area contributed by atoms with Crippen LogP contribution in [0.1, 0.15) is 34.1 Å². The molecular weight excluding hydrogens is 429 g/mol. The molecule has 3 aromatic rings. The summed E-state index contributed by atoms with van der Waals surface area (Å²) in [6.07, 6.45) is 2.65. The minimum atomic E-state index is -0.429. The number of carbonyl (C=O) groups excluding carboxylic acids is 1. The number of likely N-dealkylation sites (N-methyl/N-ethyl adjacent to an activating group) is 1. The Labute approximate surface area is 201 Å². The topological polar surface area (TPSA) is 72.7 Å². The molecule has 8 nitrogen and oxygen atoms in total. The predicted octanol–water partition coefficient (Wildman–Crippen LogP) is 2.60. The van der Waals surface area contributed by atoms with Gasteiger partial charge in [-0.15, -0.1) is 0 Å². The first-order chi connectivity index (χ1) is 16.1. The molecule has 5 rings (SSSR count). The van der Waals surface area contributed by atoms with E-state index in [2.05, 4.69) is 50.9 Å². The number of piperazine rings is 1. The lowest BCUT2D eigenvalue weighted by molar-refractivity contribution is -0.129. The smallest absolute Gasteiger partial charge is 0.399 e. The minimum Gasteiger partial charge on any atom is -0.399 e. The maximum atomic E-state index is 12.2. The fourth-order valence-electron chi connectivity index (χ4n) is 4.78. The van der Waals surface area contributed by atoms with Gasteiger partial charge in [0.1, 0.15) is 11.5 Å². The summed E-state index contributed by atoms with van der Waals surface area (Å²) in [5.41, 5.74) is 3.10. The van der Waals surface area contributed by atoms with Gasteiger partial charge in [0.25, 0.3) is 0 Å². The summed E-state index contributed by atoms with van der Waals surface area (Å²) >= 11 is 0. The lowest BCUT2D eigenvalue weighted by Crippen LogP contribution is -2.48. The lowest BCUT2D eigenvalue weighted by atomic mass is 9.78. The molecule has 2 fully saturated rings. The van der Waals surface area contributed by atoms with Crippen LogP contribution >= 0.6 is 0 Å². The summed E-state index contributed by atoms with van der Waals surface area (Å²) in [5.74, 6) is 0.891. The van der Waals surface area contributed by atoms with Crippen molar-refractivity contribution in [1.82, 2.24) is 19.7 Å². The van der Waals surface area contributed by atoms with Crippen molar-refractivity contribution >= 4 is 35.2 Å². The van der Waals surface area contributed by atoms with Crippen molar-refractivity contribution in [2.45, 2.75) is 45.3 Å². The Bertz CT molecular complexity index is 1260. The summed E-state index contributed by atoms with van der Waals surface area (Å²) in [6, 6.07) is 10.2. The molecule has 0 N–H and O–H groups in total. The quantitative estimate of drug-likeness (QED) is 0.557. The number of aryl methyl sites for hydroxylation is 1. The highest BCUT2D eigenvalue weighted by Crippen LogP contribution is 2.39. The minimum absolute atomic E-state index is 0.102. The van der Waals surface area contributed by atoms with E-state index < -0.39 is 7.12 Å². The van der Waals surface area contributed by atoms with Gasteiger partial charge in [-0.2, -0.15) is 5.10 Å². The van der Waals surface area contributed by atoms with Crippen LogP contribution < -0.4 is 10.4 Å². The van der Waals surface area contributed by atoms with Crippen LogP contribution in [0.2, 0.25) is 0 Å². The number of amides is 1. The Morgan fingerprint density at radius 2 is 1.88 bits per heavy atom. The highest BCUT2D eigenvalue weighted by molar-refractivity contribution is 6.62. The molecule has 2 aliphatic rings. The van der Waals surface area contributed by atoms with Gasteiger partial charge in [0.2, 0.25) is 5.91 Å². The van der Waals surface area contributed by atoms with E-state index >= 15 is 0 Å². The van der Waals surface area contributed by atoms with Crippen molar-refractivity contribution in [3.05, 3.63) is 36.5 Å². The fraction of sp³-hybridized carbons (Fsp3) is 0.480. The Morgan fingerprint density at radius 1 is 1.09 bits per heavy atom. The second kappa shape index (κ2) is 8.10. The van der Waals surface area contributed by atoms with Crippen LogP contribution in [0.25, 0.3) is 22.2 Å². The summed E-state index contributed by atoms with van der Waals surface area (Å²) in [5, 5.41) is 5.86. The van der Waals surface area contributed by atoms with Gasteiger partial charge in [-0.25, -0.2) is 4.98 Å². The van der Waals surface area contributed by atoms with Gasteiger partial charge in [-0.1, -0.05) is 19.1 Å². The molecule has 2 saturated heterocycles. The summed E-state index contributed by atoms with van der Waals surface area (Å²) in [7, 11) is 3.36. The van der Waals surface area contributed by atoms with Gasteiger partial charge < -0.3 is 19.1 Å². The van der Waals surface area contributed by atoms with Crippen molar-refractivity contribution in [2.75, 3.05) is 31.6 Å². The number of pyridine rings is 1. The molecule has 9 heteroatoms. The number of fused-ring (bicyclic) bond motifs is 1. The Hall–Kier alpha value is -2.91. The molecule has 0 bridgehead atoms. The molecule has 1 amide bonds. The number of carbonyl (C=O) groups is 1. The third-order valence-corrected chi connectivity index (χ3v) is 7.66. The molecule has 2 aromatic heterocycles. The monoisotopic (exact) mass is 461 g/mol. The summed E-state index contributed by atoms with van der Waals surface area (Å²) < 4.78 is 14.7. The molecule has 1 atom stereocenters. The SMILES string of the molecule is CCC1(C)OB(c2ccc3c(c2)c(-c2ccnc(N4CCN(C)C(=O)C4)c2)nn3C)OC1(C)C. The maximum absolute atomic E-state index is 12.2. The average Bonchev–Trinajstić information content (AvgIpc) is 3.28. The number of rotatable bonds is 4. The van der Waals surface area contributed by atoms with Crippen LogP contribution in [0.4, 0.5) is 5.82 Å². The van der Waals surface area contributed by atoms with E-state index in [9.17, 15) is 4.79 Å². The zero-order valence-electron chi connectivity index (χ0n) is 20.8. The number of anilines is 1. The van der Waals surface area contributed by atoms with E-state index in [-0.39, 0.29) is 17.1 Å². The van der Waals surface area contributed by atoms with Crippen molar-refractivity contribution < 1.29 is 14.1 Å². The standard InChI is InChI=1S/C25H32BN5O3/c1-7-25(4)24(2,3)33-26(34-25)18-8-9-20-19(15-18)23(28-30(20)6)17-10-11-27-21(14-17)31-13-12-29(5)22(32)16-31/h8-11,14-15H,7,12-13,16H2,1-6H3. The van der Waals surface area contributed by atoms with Crippen molar-refractivity contribution in [3.63, 3.8) is 0 Å². The highest BCUT2D eigenvalue weighted by atomic mass is 16.7. The molecule has 1 unspecified atom stereocenters. The van der Waals surface area contributed by atoms with Gasteiger partial charge in [-0.05, 0) is 50.9 Å². The van der Waals surface area contributed by atoms with Crippen molar-refractivity contribution in [3.8, 4) is 11.3 Å². The molecule has 34 heavy (non-hydrogen) atoms. The Kier molecular flexibility index (Phi) is 5.44. The summed E-state index contributed by atoms with van der Waals surface area (Å²) in [6.45, 7) is 10.2. The largest absolute Gasteiger partial charge is 0.494 e. The first kappa shape index (κ1) is 22.9. The van der Waals surface area contributed by atoms with Crippen molar-refractivity contribution in [2.24, 2.45) is 7.05 Å². The van der Waals surface area contributed by atoms with Gasteiger partial charge >= 0.3 is 7.12 Å². The molecule has 0 radical (unpaired) electrons. The van der Waals surface area contributed by atoms with Gasteiger partial charge in [-0.3, -0.25) is 9.48 Å². The molecular formula is C25H32BN5O3. The lowest BCUT2D eigenvalue weighted by Gasteiger charge is -2.35. The highest BCUT2D eigenvalue weighted by Gasteiger charge is 2.53. The van der Waals surface area contributed by atoms with Gasteiger partial charge in [0, 0.05) is 44.3 Å². The van der Waals surface area contributed by atoms with E-state index in [1.54, 1.807) is 11.1 Å². The first-order valence-corrected chi connectivity index (χ1v) is 11.9. The third-order valence-electron chi connectivity index (χ3n) is 7.66. The number of aromatic nitrogens is 3. The molecule has 2 aliphatic heterocycles. The van der Waals surface area contributed by atoms with Crippen LogP contribution in [0.15, 0.2) is 36.5 Å². The third kappa shape index (κ3) is 3.67. The van der Waals surface area contributed by atoms with Crippen molar-refractivity contribution in [1.29, 1.82) is 0 Å². The predicted molar refractivity (Wildman–Crippen MR) is 134 cm³/mol. The zero-order chi connectivity index (χ0) is 24.3. The van der Waals surface area contributed by atoms with Crippen LogP contribution in [0, 0.1) is 0 Å². The van der Waals surface area contributed by atoms with E-state index in [1.165, 1.54) is 0 Å². The van der Waals surface area contributed by atoms with E-state index in [0.29, 0.717) is 13.1 Å². The van der Waals surface area contributed by atoms with Gasteiger partial charge in [0.05, 0.1) is 23.3 Å². The van der Waals surface area contributed by atoms with E-state index in [0.717, 1.165) is 46.4 Å². The first-order valence-electron chi connectivity index (χ1n) is 11.9. The zero-order valence-corrected chi connectivity index (χ0v) is 20.8. The molecule has 0 aliphatic carbocycles. The van der Waals surface area contributed by atoms with Crippen LogP contribution in [-0.2, 0) is 21.2 Å². The Balaban J connectivity index is 1.51. The van der Waals surface area contributed by atoms with E-state index in [1.807, 2.05) is 35.8 Å². The molecule has 1 aromatic carbocycles. The Morgan fingerprint density at radius 3 is 2.59 bits per heavy atom. The number of hydrogen-bond donors (Lipinski definition) is 0. The second-order valence-corrected chi connectivity index (χ2v) is 10.1. The molecule has 0 spiro atoms. The maximum Gasteiger partial charge on any atom is 0.494 e. The second-order valence-electron chi connectivity index (χ2n) is 10.1. The number of benzene rings is 1. The number of hydrogen-bond acceptors (Lipinski definition) is 6. The van der Waals surface area contributed by atoms with Crippen LogP contribution in [0.5, 0.6) is 0 Å². The molecule has 178 valence electrons. The normalized spacial score (nSPS) is 22.8. The average molecular weight is 461 g/mol. The van der Waals surface area contributed by atoms with Gasteiger partial charge in [0.15, 0.2) is 0 Å². The van der Waals surface area contributed by atoms with Crippen LogP contribution in [-0.4, -0.2) is 70.6 Å². The molecule has 0 saturated carbocycles. The fourth-order valence-corrected chi connectivity index (χ4v) is 4.78. The molecule has 4 heterocycles.